The molecular weight excluding hydrogens is 414 g/mol. The topological polar surface area (TPSA) is 92.0 Å². The van der Waals surface area contributed by atoms with E-state index in [1.807, 2.05) is 4.57 Å². The minimum atomic E-state index is -0.261. The van der Waals surface area contributed by atoms with E-state index in [2.05, 4.69) is 34.9 Å². The number of imidazole rings is 1. The summed E-state index contributed by atoms with van der Waals surface area (Å²) >= 11 is 0. The number of methoxy groups -OCH3 is 1. The Morgan fingerprint density at radius 3 is 2.70 bits per heavy atom. The summed E-state index contributed by atoms with van der Waals surface area (Å²) < 4.78 is 7.24. The highest BCUT2D eigenvalue weighted by atomic mass is 16.5. The molecule has 0 spiro atoms. The van der Waals surface area contributed by atoms with Gasteiger partial charge in [0.25, 0.3) is 5.91 Å². The number of hydrogen-bond acceptors (Lipinski definition) is 5. The number of nitrogens with one attached hydrogen (secondary N) is 2. The smallest absolute Gasteiger partial charge is 0.257 e. The van der Waals surface area contributed by atoms with E-state index in [0.29, 0.717) is 30.2 Å². The van der Waals surface area contributed by atoms with Crippen LogP contribution in [0.5, 0.6) is 0 Å². The SMILES string of the molecule is COCCn1c(NC(=O)c2ccc(C#N)cc2)nc2cc(CNCC3CCCCC3)ccc21. The van der Waals surface area contributed by atoms with Crippen LogP contribution in [0.2, 0.25) is 0 Å². The van der Waals surface area contributed by atoms with Gasteiger partial charge in [-0.25, -0.2) is 4.98 Å². The number of ether oxygens (including phenoxy) is 1. The lowest BCUT2D eigenvalue weighted by Crippen LogP contribution is -2.24. The van der Waals surface area contributed by atoms with Gasteiger partial charge in [0.2, 0.25) is 5.95 Å². The number of carbonyl (C=O) groups is 1. The largest absolute Gasteiger partial charge is 0.383 e. The maximum Gasteiger partial charge on any atom is 0.257 e. The van der Waals surface area contributed by atoms with Crippen molar-refractivity contribution in [2.75, 3.05) is 25.6 Å². The zero-order valence-corrected chi connectivity index (χ0v) is 19.1. The Kier molecular flexibility index (Phi) is 7.71. The van der Waals surface area contributed by atoms with Crippen molar-refractivity contribution < 1.29 is 9.53 Å². The minimum absolute atomic E-state index is 0.261. The molecular formula is C26H31N5O2. The molecule has 172 valence electrons. The fraction of sp³-hybridized carbons (Fsp3) is 0.423. The number of rotatable bonds is 9. The van der Waals surface area contributed by atoms with Crippen molar-refractivity contribution in [3.05, 3.63) is 59.2 Å². The molecule has 1 aliphatic carbocycles. The Hall–Kier alpha value is -3.21. The van der Waals surface area contributed by atoms with E-state index < -0.39 is 0 Å². The molecule has 1 heterocycles. The summed E-state index contributed by atoms with van der Waals surface area (Å²) in [5, 5.41) is 15.5. The van der Waals surface area contributed by atoms with E-state index in [-0.39, 0.29) is 5.91 Å². The van der Waals surface area contributed by atoms with Gasteiger partial charge in [-0.1, -0.05) is 25.3 Å². The molecule has 0 atom stereocenters. The number of anilines is 1. The molecule has 0 saturated heterocycles. The minimum Gasteiger partial charge on any atom is -0.383 e. The van der Waals surface area contributed by atoms with E-state index in [4.69, 9.17) is 15.0 Å². The van der Waals surface area contributed by atoms with Gasteiger partial charge < -0.3 is 14.6 Å². The van der Waals surface area contributed by atoms with E-state index >= 15 is 0 Å². The summed E-state index contributed by atoms with van der Waals surface area (Å²) in [5.41, 5.74) is 3.98. The number of amides is 1. The van der Waals surface area contributed by atoms with Gasteiger partial charge >= 0.3 is 0 Å². The number of fused-ring (bicyclic) bond motifs is 1. The number of nitriles is 1. The molecule has 7 heteroatoms. The second kappa shape index (κ2) is 11.1. The molecule has 7 nitrogen and oxygen atoms in total. The van der Waals surface area contributed by atoms with Gasteiger partial charge in [0, 0.05) is 25.8 Å². The lowest BCUT2D eigenvalue weighted by atomic mass is 9.89. The first-order valence-electron chi connectivity index (χ1n) is 11.7. The maximum absolute atomic E-state index is 12.8. The molecule has 1 saturated carbocycles. The predicted molar refractivity (Wildman–Crippen MR) is 129 cm³/mol. The van der Waals surface area contributed by atoms with Crippen molar-refractivity contribution in [3.63, 3.8) is 0 Å². The molecule has 1 amide bonds. The Balaban J connectivity index is 1.49. The lowest BCUT2D eigenvalue weighted by Gasteiger charge is -2.21. The first-order valence-corrected chi connectivity index (χ1v) is 11.7. The van der Waals surface area contributed by atoms with Crippen molar-refractivity contribution in [3.8, 4) is 6.07 Å². The fourth-order valence-electron chi connectivity index (χ4n) is 4.47. The average molecular weight is 446 g/mol. The second-order valence-corrected chi connectivity index (χ2v) is 8.68. The molecule has 0 radical (unpaired) electrons. The third kappa shape index (κ3) is 5.78. The third-order valence-electron chi connectivity index (χ3n) is 6.32. The summed E-state index contributed by atoms with van der Waals surface area (Å²) in [6, 6.07) is 14.9. The fourth-order valence-corrected chi connectivity index (χ4v) is 4.47. The molecule has 0 bridgehead atoms. The summed E-state index contributed by atoms with van der Waals surface area (Å²) in [6.45, 7) is 2.96. The van der Waals surface area contributed by atoms with Crippen LogP contribution >= 0.6 is 0 Å². The van der Waals surface area contributed by atoms with Gasteiger partial charge in [0.05, 0.1) is 29.3 Å². The average Bonchev–Trinajstić information content (AvgIpc) is 3.19. The molecule has 33 heavy (non-hydrogen) atoms. The zero-order valence-electron chi connectivity index (χ0n) is 19.1. The van der Waals surface area contributed by atoms with E-state index in [1.54, 1.807) is 31.4 Å². The van der Waals surface area contributed by atoms with Gasteiger partial charge in [-0.3, -0.25) is 10.1 Å². The van der Waals surface area contributed by atoms with E-state index in [1.165, 1.54) is 37.7 Å². The Morgan fingerprint density at radius 1 is 1.18 bits per heavy atom. The molecule has 3 aromatic rings. The van der Waals surface area contributed by atoms with Gasteiger partial charge in [0.1, 0.15) is 0 Å². The van der Waals surface area contributed by atoms with Crippen LogP contribution in [0.1, 0.15) is 53.6 Å². The summed E-state index contributed by atoms with van der Waals surface area (Å²) in [7, 11) is 1.66. The maximum atomic E-state index is 12.8. The summed E-state index contributed by atoms with van der Waals surface area (Å²) in [6.07, 6.45) is 6.75. The highest BCUT2D eigenvalue weighted by Gasteiger charge is 2.16. The van der Waals surface area contributed by atoms with Crippen molar-refractivity contribution >= 4 is 22.9 Å². The first-order chi connectivity index (χ1) is 16.2. The van der Waals surface area contributed by atoms with Crippen LogP contribution in [0.15, 0.2) is 42.5 Å². The highest BCUT2D eigenvalue weighted by Crippen LogP contribution is 2.24. The molecule has 0 unspecified atom stereocenters. The van der Waals surface area contributed by atoms with Crippen LogP contribution in [-0.2, 0) is 17.8 Å². The van der Waals surface area contributed by atoms with Crippen LogP contribution in [0.3, 0.4) is 0 Å². The molecule has 1 fully saturated rings. The molecule has 0 aliphatic heterocycles. The number of benzene rings is 2. The second-order valence-electron chi connectivity index (χ2n) is 8.68. The highest BCUT2D eigenvalue weighted by molar-refractivity contribution is 6.04. The molecule has 1 aliphatic rings. The van der Waals surface area contributed by atoms with Crippen molar-refractivity contribution in [2.45, 2.75) is 45.2 Å². The summed E-state index contributed by atoms with van der Waals surface area (Å²) in [5.74, 6) is 1.02. The van der Waals surface area contributed by atoms with Crippen molar-refractivity contribution in [1.82, 2.24) is 14.9 Å². The van der Waals surface area contributed by atoms with Gasteiger partial charge in [0.15, 0.2) is 0 Å². The van der Waals surface area contributed by atoms with Gasteiger partial charge in [-0.05, 0) is 67.3 Å². The normalized spacial score (nSPS) is 14.3. The van der Waals surface area contributed by atoms with Crippen molar-refractivity contribution in [1.29, 1.82) is 5.26 Å². The summed E-state index contributed by atoms with van der Waals surface area (Å²) in [4.78, 5) is 17.5. The Bertz CT molecular complexity index is 1120. The van der Waals surface area contributed by atoms with Crippen LogP contribution in [0.4, 0.5) is 5.95 Å². The van der Waals surface area contributed by atoms with Crippen LogP contribution in [0, 0.1) is 17.2 Å². The third-order valence-corrected chi connectivity index (χ3v) is 6.32. The number of aromatic nitrogens is 2. The lowest BCUT2D eigenvalue weighted by molar-refractivity contribution is 0.102. The Morgan fingerprint density at radius 2 is 1.97 bits per heavy atom. The van der Waals surface area contributed by atoms with Gasteiger partial charge in [-0.15, -0.1) is 0 Å². The first kappa shape index (κ1) is 23.0. The van der Waals surface area contributed by atoms with Crippen LogP contribution in [-0.4, -0.2) is 35.7 Å². The molecule has 2 N–H and O–H groups in total. The molecule has 4 rings (SSSR count). The van der Waals surface area contributed by atoms with Crippen LogP contribution in [0.25, 0.3) is 11.0 Å². The monoisotopic (exact) mass is 445 g/mol. The number of carbonyl (C=O) groups excluding carboxylic acids is 1. The zero-order chi connectivity index (χ0) is 23.0. The molecule has 2 aromatic carbocycles. The van der Waals surface area contributed by atoms with E-state index in [0.717, 1.165) is 30.0 Å². The van der Waals surface area contributed by atoms with Crippen molar-refractivity contribution in [2.24, 2.45) is 5.92 Å². The van der Waals surface area contributed by atoms with E-state index in [9.17, 15) is 4.79 Å². The Labute approximate surface area is 194 Å². The quantitative estimate of drug-likeness (QED) is 0.507. The van der Waals surface area contributed by atoms with Crippen LogP contribution < -0.4 is 10.6 Å². The predicted octanol–water partition coefficient (Wildman–Crippen LogP) is 4.48. The molecule has 1 aromatic heterocycles. The number of nitrogens with zero attached hydrogens (tertiary/aromatic N) is 3. The standard InChI is InChI=1S/C26H31N5O2/c1-33-14-13-31-24-12-9-21(18-28-17-20-5-3-2-4-6-20)15-23(24)29-26(31)30-25(32)22-10-7-19(16-27)8-11-22/h7-12,15,20,28H,2-6,13-14,17-18H2,1H3,(H,29,30,32). The van der Waals surface area contributed by atoms with Gasteiger partial charge in [-0.2, -0.15) is 5.26 Å². The number of hydrogen-bond donors (Lipinski definition) is 2.